The number of carbonyl (C=O) groups excluding carboxylic acids is 1. The number of halogens is 1. The maximum absolute atomic E-state index is 13.0. The molecule has 5 rings (SSSR count). The number of Topliss-reactive ketones (excluding diaryl/α,β-unsaturated/α-hetero) is 1. The highest BCUT2D eigenvalue weighted by atomic mass is 79.9. The molecule has 3 nitrogen and oxygen atoms in total. The van der Waals surface area contributed by atoms with Crippen molar-refractivity contribution in [3.8, 4) is 5.75 Å². The van der Waals surface area contributed by atoms with Gasteiger partial charge >= 0.3 is 0 Å². The normalized spacial score (nSPS) is 18.9. The molecular weight excluding hydrogens is 402 g/mol. The minimum Gasteiger partial charge on any atom is -0.508 e. The Kier molecular flexibility index (Phi) is 3.83. The van der Waals surface area contributed by atoms with Crippen molar-refractivity contribution in [3.63, 3.8) is 0 Å². The van der Waals surface area contributed by atoms with E-state index in [0.29, 0.717) is 6.42 Å². The lowest BCUT2D eigenvalue weighted by atomic mass is 9.74. The van der Waals surface area contributed by atoms with Crippen molar-refractivity contribution in [1.29, 1.82) is 0 Å². The van der Waals surface area contributed by atoms with Crippen molar-refractivity contribution in [3.05, 3.63) is 81.5 Å². The van der Waals surface area contributed by atoms with Crippen LogP contribution in [-0.4, -0.2) is 10.9 Å². The van der Waals surface area contributed by atoms with Gasteiger partial charge in [0, 0.05) is 39.3 Å². The molecule has 1 aliphatic carbocycles. The molecule has 3 aromatic rings. The first-order valence-electron chi connectivity index (χ1n) is 9.17. The van der Waals surface area contributed by atoms with Crippen LogP contribution in [0.1, 0.15) is 36.3 Å². The summed E-state index contributed by atoms with van der Waals surface area (Å²) in [5, 5.41) is 16.4. The number of nitrogens with one attached hydrogen (secondary N) is 1. The van der Waals surface area contributed by atoms with E-state index in [4.69, 9.17) is 0 Å². The summed E-state index contributed by atoms with van der Waals surface area (Å²) in [7, 11) is 0. The third-order valence-corrected chi connectivity index (χ3v) is 6.08. The van der Waals surface area contributed by atoms with Crippen molar-refractivity contribution in [2.75, 3.05) is 5.32 Å². The number of anilines is 1. The monoisotopic (exact) mass is 419 g/mol. The number of ketones is 1. The summed E-state index contributed by atoms with van der Waals surface area (Å²) < 4.78 is 0.890. The molecule has 0 spiro atoms. The molecule has 0 bridgehead atoms. The maximum Gasteiger partial charge on any atom is 0.161 e. The number of carbonyl (C=O) groups is 1. The van der Waals surface area contributed by atoms with Gasteiger partial charge in [-0.25, -0.2) is 0 Å². The number of hydrogen-bond acceptors (Lipinski definition) is 3. The Labute approximate surface area is 165 Å². The largest absolute Gasteiger partial charge is 0.508 e. The van der Waals surface area contributed by atoms with Crippen molar-refractivity contribution in [2.24, 2.45) is 0 Å². The Balaban J connectivity index is 1.87. The van der Waals surface area contributed by atoms with Gasteiger partial charge in [-0.15, -0.1) is 0 Å². The SMILES string of the molecule is O=C1CCCC2=C1[C@@H](c1cc(Br)ccc1O)c1c(ccc3ccccc13)N2. The first kappa shape index (κ1) is 16.6. The molecule has 0 amide bonds. The molecule has 1 atom stereocenters. The van der Waals surface area contributed by atoms with E-state index in [2.05, 4.69) is 45.5 Å². The molecule has 0 saturated carbocycles. The molecule has 3 aromatic carbocycles. The van der Waals surface area contributed by atoms with Crippen molar-refractivity contribution < 1.29 is 9.90 Å². The molecular formula is C23H18BrNO2. The zero-order chi connectivity index (χ0) is 18.5. The van der Waals surface area contributed by atoms with Gasteiger partial charge in [-0.3, -0.25) is 4.79 Å². The van der Waals surface area contributed by atoms with Crippen molar-refractivity contribution in [2.45, 2.75) is 25.2 Å². The lowest BCUT2D eigenvalue weighted by molar-refractivity contribution is -0.116. The predicted octanol–water partition coefficient (Wildman–Crippen LogP) is 5.87. The molecule has 1 heterocycles. The highest BCUT2D eigenvalue weighted by molar-refractivity contribution is 9.10. The highest BCUT2D eigenvalue weighted by Crippen LogP contribution is 2.50. The molecule has 2 aliphatic rings. The van der Waals surface area contributed by atoms with E-state index >= 15 is 0 Å². The summed E-state index contributed by atoms with van der Waals surface area (Å²) in [6.45, 7) is 0. The van der Waals surface area contributed by atoms with Gasteiger partial charge < -0.3 is 10.4 Å². The van der Waals surface area contributed by atoms with Gasteiger partial charge in [0.05, 0.1) is 0 Å². The first-order chi connectivity index (χ1) is 13.1. The van der Waals surface area contributed by atoms with Crippen LogP contribution in [0.2, 0.25) is 0 Å². The van der Waals surface area contributed by atoms with Crippen molar-refractivity contribution >= 4 is 38.2 Å². The number of allylic oxidation sites excluding steroid dienone is 2. The van der Waals surface area contributed by atoms with Gasteiger partial charge in [0.25, 0.3) is 0 Å². The van der Waals surface area contributed by atoms with E-state index in [0.717, 1.165) is 56.2 Å². The fourth-order valence-electron chi connectivity index (χ4n) is 4.42. The van der Waals surface area contributed by atoms with Gasteiger partial charge in [0.15, 0.2) is 5.78 Å². The average molecular weight is 420 g/mol. The van der Waals surface area contributed by atoms with Gasteiger partial charge in [-0.1, -0.05) is 46.3 Å². The third kappa shape index (κ3) is 2.59. The summed E-state index contributed by atoms with van der Waals surface area (Å²) in [5.41, 5.74) is 4.66. The van der Waals surface area contributed by atoms with Gasteiger partial charge in [-0.2, -0.15) is 0 Å². The molecule has 27 heavy (non-hydrogen) atoms. The molecule has 134 valence electrons. The molecule has 0 fully saturated rings. The van der Waals surface area contributed by atoms with Crippen LogP contribution in [0.15, 0.2) is 70.3 Å². The van der Waals surface area contributed by atoms with Crippen LogP contribution in [0.4, 0.5) is 5.69 Å². The van der Waals surface area contributed by atoms with E-state index in [9.17, 15) is 9.90 Å². The second kappa shape index (κ2) is 6.24. The van der Waals surface area contributed by atoms with Gasteiger partial charge in [0.2, 0.25) is 0 Å². The molecule has 1 aliphatic heterocycles. The third-order valence-electron chi connectivity index (χ3n) is 5.59. The van der Waals surface area contributed by atoms with E-state index < -0.39 is 0 Å². The van der Waals surface area contributed by atoms with E-state index in [-0.39, 0.29) is 17.5 Å². The second-order valence-corrected chi connectivity index (χ2v) is 8.09. The Hall–Kier alpha value is -2.59. The van der Waals surface area contributed by atoms with Crippen LogP contribution < -0.4 is 5.32 Å². The Morgan fingerprint density at radius 3 is 2.78 bits per heavy atom. The average Bonchev–Trinajstić information content (AvgIpc) is 2.68. The fourth-order valence-corrected chi connectivity index (χ4v) is 4.80. The van der Waals surface area contributed by atoms with E-state index in [1.165, 1.54) is 0 Å². The van der Waals surface area contributed by atoms with Crippen LogP contribution in [-0.2, 0) is 4.79 Å². The van der Waals surface area contributed by atoms with Gasteiger partial charge in [0.1, 0.15) is 5.75 Å². The summed E-state index contributed by atoms with van der Waals surface area (Å²) >= 11 is 3.53. The highest BCUT2D eigenvalue weighted by Gasteiger charge is 2.37. The Bertz CT molecular complexity index is 1130. The maximum atomic E-state index is 13.0. The zero-order valence-electron chi connectivity index (χ0n) is 14.6. The summed E-state index contributed by atoms with van der Waals surface area (Å²) in [5.74, 6) is 0.119. The zero-order valence-corrected chi connectivity index (χ0v) is 16.2. The number of benzene rings is 3. The first-order valence-corrected chi connectivity index (χ1v) is 9.96. The topological polar surface area (TPSA) is 49.3 Å². The summed E-state index contributed by atoms with van der Waals surface area (Å²) in [6, 6.07) is 17.9. The Morgan fingerprint density at radius 1 is 1.04 bits per heavy atom. The smallest absolute Gasteiger partial charge is 0.161 e. The quantitative estimate of drug-likeness (QED) is 0.518. The molecule has 0 radical (unpaired) electrons. The molecule has 0 aromatic heterocycles. The number of hydrogen-bond donors (Lipinski definition) is 2. The fraction of sp³-hybridized carbons (Fsp3) is 0.174. The van der Waals surface area contributed by atoms with E-state index in [1.54, 1.807) is 6.07 Å². The van der Waals surface area contributed by atoms with Crippen LogP contribution in [0.25, 0.3) is 10.8 Å². The molecule has 0 saturated heterocycles. The van der Waals surface area contributed by atoms with Gasteiger partial charge in [-0.05, 0) is 53.4 Å². The number of rotatable bonds is 1. The molecule has 0 unspecified atom stereocenters. The number of aromatic hydroxyl groups is 1. The van der Waals surface area contributed by atoms with Crippen LogP contribution in [0.5, 0.6) is 5.75 Å². The lowest BCUT2D eigenvalue weighted by Gasteiger charge is -2.35. The Morgan fingerprint density at radius 2 is 1.89 bits per heavy atom. The number of phenolic OH excluding ortho intramolecular Hbond substituents is 1. The van der Waals surface area contributed by atoms with Crippen LogP contribution in [0.3, 0.4) is 0 Å². The number of fused-ring (bicyclic) bond motifs is 3. The second-order valence-electron chi connectivity index (χ2n) is 7.18. The number of phenols is 1. The summed E-state index contributed by atoms with van der Waals surface area (Å²) in [6.07, 6.45) is 2.29. The van der Waals surface area contributed by atoms with Crippen LogP contribution in [0, 0.1) is 0 Å². The predicted molar refractivity (Wildman–Crippen MR) is 111 cm³/mol. The van der Waals surface area contributed by atoms with E-state index in [1.807, 2.05) is 24.3 Å². The molecule has 2 N–H and O–H groups in total. The lowest BCUT2D eigenvalue weighted by Crippen LogP contribution is -2.27. The van der Waals surface area contributed by atoms with Crippen molar-refractivity contribution in [1.82, 2.24) is 0 Å². The minimum atomic E-state index is -0.271. The molecule has 4 heteroatoms. The standard InChI is InChI=1S/C23H18BrNO2/c24-14-9-11-19(26)16(12-14)22-21-15-5-2-1-4-13(15)8-10-18(21)25-17-6-3-7-20(27)23(17)22/h1-2,4-5,8-12,22,25-26H,3,6-7H2/t22-/m0/s1. The van der Waals surface area contributed by atoms with Crippen LogP contribution >= 0.6 is 15.9 Å². The minimum absolute atomic E-state index is 0.173. The summed E-state index contributed by atoms with van der Waals surface area (Å²) in [4.78, 5) is 13.0.